The Morgan fingerprint density at radius 2 is 1.79 bits per heavy atom. The lowest BCUT2D eigenvalue weighted by Crippen LogP contribution is -2.46. The molecule has 0 radical (unpaired) electrons. The number of nitrogens with one attached hydrogen (secondary N) is 1. The number of alkyl halides is 3. The molecular formula is C14H18F3NO. The summed E-state index contributed by atoms with van der Waals surface area (Å²) in [6.07, 6.45) is -4.43. The number of halogens is 3. The molecule has 19 heavy (non-hydrogen) atoms. The van der Waals surface area contributed by atoms with Crippen LogP contribution >= 0.6 is 0 Å². The van der Waals surface area contributed by atoms with Gasteiger partial charge in [0.05, 0.1) is 11.6 Å². The molecule has 1 aromatic carbocycles. The summed E-state index contributed by atoms with van der Waals surface area (Å²) < 4.78 is 37.7. The first-order valence-corrected chi connectivity index (χ1v) is 6.00. The van der Waals surface area contributed by atoms with Crippen LogP contribution in [-0.2, 0) is 6.18 Å². The van der Waals surface area contributed by atoms with Crippen molar-refractivity contribution >= 4 is 5.78 Å². The molecule has 0 aliphatic rings. The predicted octanol–water partition coefficient (Wildman–Crippen LogP) is 3.66. The summed E-state index contributed by atoms with van der Waals surface area (Å²) in [4.78, 5) is 12.1. The van der Waals surface area contributed by atoms with E-state index in [0.717, 1.165) is 12.1 Å². The number of carbonyl (C=O) groups excluding carboxylic acids is 1. The molecule has 0 aromatic heterocycles. The van der Waals surface area contributed by atoms with E-state index >= 15 is 0 Å². The zero-order chi connectivity index (χ0) is 14.8. The first-order chi connectivity index (χ1) is 8.50. The van der Waals surface area contributed by atoms with Crippen LogP contribution in [0.4, 0.5) is 13.2 Å². The lowest BCUT2D eigenvalue weighted by molar-refractivity contribution is -0.137. The van der Waals surface area contributed by atoms with E-state index < -0.39 is 17.8 Å². The maximum Gasteiger partial charge on any atom is 0.416 e. The maximum atomic E-state index is 12.6. The number of ketones is 1. The number of carbonyl (C=O) groups is 1. The van der Waals surface area contributed by atoms with Gasteiger partial charge in [-0.15, -0.1) is 0 Å². The van der Waals surface area contributed by atoms with E-state index in [0.29, 0.717) is 0 Å². The van der Waals surface area contributed by atoms with E-state index in [-0.39, 0.29) is 16.9 Å². The minimum absolute atomic E-state index is 0.0686. The molecule has 0 heterocycles. The highest BCUT2D eigenvalue weighted by Gasteiger charge is 2.31. The van der Waals surface area contributed by atoms with E-state index in [1.54, 1.807) is 6.92 Å². The van der Waals surface area contributed by atoms with Crippen molar-refractivity contribution in [2.75, 3.05) is 0 Å². The molecule has 0 aliphatic carbocycles. The van der Waals surface area contributed by atoms with Crippen molar-refractivity contribution in [3.05, 3.63) is 35.4 Å². The van der Waals surface area contributed by atoms with Crippen molar-refractivity contribution in [2.24, 2.45) is 0 Å². The minimum Gasteiger partial charge on any atom is -0.303 e. The highest BCUT2D eigenvalue weighted by molar-refractivity contribution is 6.00. The Labute approximate surface area is 111 Å². The minimum atomic E-state index is -4.43. The maximum absolute atomic E-state index is 12.6. The molecule has 1 unspecified atom stereocenters. The second-order valence-electron chi connectivity index (χ2n) is 5.56. The summed E-state index contributed by atoms with van der Waals surface area (Å²) in [7, 11) is 0. The van der Waals surface area contributed by atoms with Gasteiger partial charge < -0.3 is 5.32 Å². The van der Waals surface area contributed by atoms with Gasteiger partial charge in [0.25, 0.3) is 0 Å². The zero-order valence-corrected chi connectivity index (χ0v) is 11.4. The molecule has 1 N–H and O–H groups in total. The molecule has 1 atom stereocenters. The van der Waals surface area contributed by atoms with Gasteiger partial charge in [-0.25, -0.2) is 0 Å². The largest absolute Gasteiger partial charge is 0.416 e. The first kappa shape index (κ1) is 15.7. The Bertz CT molecular complexity index is 460. The number of hydrogen-bond donors (Lipinski definition) is 1. The first-order valence-electron chi connectivity index (χ1n) is 6.00. The van der Waals surface area contributed by atoms with Crippen LogP contribution < -0.4 is 5.32 Å². The van der Waals surface area contributed by atoms with Crippen molar-refractivity contribution in [1.82, 2.24) is 5.32 Å². The predicted molar refractivity (Wildman–Crippen MR) is 68.1 cm³/mol. The van der Waals surface area contributed by atoms with E-state index in [1.165, 1.54) is 12.1 Å². The third kappa shape index (κ3) is 4.67. The molecule has 1 aromatic rings. The molecule has 106 valence electrons. The summed E-state index contributed by atoms with van der Waals surface area (Å²) in [5.41, 5.74) is -1.02. The monoisotopic (exact) mass is 273 g/mol. The molecule has 0 aliphatic heterocycles. The van der Waals surface area contributed by atoms with E-state index in [1.807, 2.05) is 20.8 Å². The quantitative estimate of drug-likeness (QED) is 0.851. The number of Topliss-reactive ketones (excluding diaryl/α,β-unsaturated/α-hetero) is 1. The van der Waals surface area contributed by atoms with Gasteiger partial charge in [0.15, 0.2) is 5.78 Å². The van der Waals surface area contributed by atoms with Gasteiger partial charge in [-0.3, -0.25) is 4.79 Å². The van der Waals surface area contributed by atoms with Crippen molar-refractivity contribution in [1.29, 1.82) is 0 Å². The summed E-state index contributed by atoms with van der Waals surface area (Å²) >= 11 is 0. The van der Waals surface area contributed by atoms with E-state index in [2.05, 4.69) is 5.32 Å². The third-order valence-corrected chi connectivity index (χ3v) is 2.52. The standard InChI is InChI=1S/C14H18F3NO/c1-9(18-13(2,3)4)12(19)10-6-5-7-11(8-10)14(15,16)17/h5-9,18H,1-4H3. The SMILES string of the molecule is CC(NC(C)(C)C)C(=O)c1cccc(C(F)(F)F)c1. The fourth-order valence-corrected chi connectivity index (χ4v) is 1.81. The van der Waals surface area contributed by atoms with Gasteiger partial charge in [0.1, 0.15) is 0 Å². The molecule has 0 saturated heterocycles. The number of hydrogen-bond acceptors (Lipinski definition) is 2. The molecule has 0 spiro atoms. The molecule has 0 bridgehead atoms. The van der Waals surface area contributed by atoms with Crippen LogP contribution in [0.25, 0.3) is 0 Å². The van der Waals surface area contributed by atoms with Gasteiger partial charge in [-0.05, 0) is 39.8 Å². The average Bonchev–Trinajstić information content (AvgIpc) is 2.24. The molecule has 0 fully saturated rings. The smallest absolute Gasteiger partial charge is 0.303 e. The van der Waals surface area contributed by atoms with Crippen molar-refractivity contribution < 1.29 is 18.0 Å². The Hall–Kier alpha value is -1.36. The van der Waals surface area contributed by atoms with Crippen LogP contribution in [0.1, 0.15) is 43.6 Å². The van der Waals surface area contributed by atoms with Crippen LogP contribution in [-0.4, -0.2) is 17.4 Å². The lowest BCUT2D eigenvalue weighted by Gasteiger charge is -2.25. The van der Waals surface area contributed by atoms with Crippen molar-refractivity contribution in [3.63, 3.8) is 0 Å². The van der Waals surface area contributed by atoms with Crippen LogP contribution in [0.3, 0.4) is 0 Å². The molecular weight excluding hydrogens is 255 g/mol. The molecule has 2 nitrogen and oxygen atoms in total. The van der Waals surface area contributed by atoms with E-state index in [9.17, 15) is 18.0 Å². The Kier molecular flexibility index (Phi) is 4.40. The highest BCUT2D eigenvalue weighted by atomic mass is 19.4. The molecule has 1 rings (SSSR count). The summed E-state index contributed by atoms with van der Waals surface area (Å²) in [6, 6.07) is 3.96. The fraction of sp³-hybridized carbons (Fsp3) is 0.500. The molecule has 5 heteroatoms. The fourth-order valence-electron chi connectivity index (χ4n) is 1.81. The zero-order valence-electron chi connectivity index (χ0n) is 11.4. The summed E-state index contributed by atoms with van der Waals surface area (Å²) in [5, 5.41) is 3.04. The average molecular weight is 273 g/mol. The Morgan fingerprint density at radius 1 is 1.21 bits per heavy atom. The normalized spacial score (nSPS) is 14.3. The van der Waals surface area contributed by atoms with Gasteiger partial charge in [0, 0.05) is 11.1 Å². The number of rotatable bonds is 3. The highest BCUT2D eigenvalue weighted by Crippen LogP contribution is 2.29. The number of benzene rings is 1. The van der Waals surface area contributed by atoms with E-state index in [4.69, 9.17) is 0 Å². The third-order valence-electron chi connectivity index (χ3n) is 2.52. The van der Waals surface area contributed by atoms with Gasteiger partial charge in [-0.2, -0.15) is 13.2 Å². The van der Waals surface area contributed by atoms with Gasteiger partial charge in [-0.1, -0.05) is 12.1 Å². The second-order valence-corrected chi connectivity index (χ2v) is 5.56. The van der Waals surface area contributed by atoms with Crippen molar-refractivity contribution in [2.45, 2.75) is 45.5 Å². The van der Waals surface area contributed by atoms with Crippen LogP contribution in [0, 0.1) is 0 Å². The Balaban J connectivity index is 2.95. The topological polar surface area (TPSA) is 29.1 Å². The molecule has 0 amide bonds. The second kappa shape index (κ2) is 5.33. The van der Waals surface area contributed by atoms with Gasteiger partial charge in [0.2, 0.25) is 0 Å². The summed E-state index contributed by atoms with van der Waals surface area (Å²) in [5.74, 6) is -0.346. The lowest BCUT2D eigenvalue weighted by atomic mass is 10.00. The Morgan fingerprint density at radius 3 is 2.26 bits per heavy atom. The van der Waals surface area contributed by atoms with Crippen LogP contribution in [0.2, 0.25) is 0 Å². The van der Waals surface area contributed by atoms with Crippen LogP contribution in [0.5, 0.6) is 0 Å². The summed E-state index contributed by atoms with van der Waals surface area (Å²) in [6.45, 7) is 7.32. The molecule has 0 saturated carbocycles. The van der Waals surface area contributed by atoms with Gasteiger partial charge >= 0.3 is 6.18 Å². The van der Waals surface area contributed by atoms with Crippen LogP contribution in [0.15, 0.2) is 24.3 Å². The van der Waals surface area contributed by atoms with Crippen molar-refractivity contribution in [3.8, 4) is 0 Å².